The Morgan fingerprint density at radius 2 is 1.78 bits per heavy atom. The molecule has 2 rings (SSSR count). The number of aryl methyl sites for hydroxylation is 2. The Labute approximate surface area is 160 Å². The molecule has 0 fully saturated rings. The average molecular weight is 370 g/mol. The summed E-state index contributed by atoms with van der Waals surface area (Å²) in [4.78, 5) is 25.6. The first kappa shape index (κ1) is 20.5. The molecule has 2 aromatic rings. The minimum Gasteiger partial charge on any atom is -0.491 e. The van der Waals surface area contributed by atoms with Crippen molar-refractivity contribution < 1.29 is 19.1 Å². The summed E-state index contributed by atoms with van der Waals surface area (Å²) in [6.07, 6.45) is 0. The lowest BCUT2D eigenvalue weighted by Crippen LogP contribution is -2.31. The molecule has 0 atom stereocenters. The van der Waals surface area contributed by atoms with E-state index in [9.17, 15) is 9.59 Å². The van der Waals surface area contributed by atoms with E-state index < -0.39 is 0 Å². The maximum Gasteiger partial charge on any atom is 0.253 e. The summed E-state index contributed by atoms with van der Waals surface area (Å²) >= 11 is 0. The predicted octanol–water partition coefficient (Wildman–Crippen LogP) is 3.04. The highest BCUT2D eigenvalue weighted by molar-refractivity contribution is 5.95. The van der Waals surface area contributed by atoms with Gasteiger partial charge in [0.2, 0.25) is 5.91 Å². The number of nitrogens with one attached hydrogen (secondary N) is 1. The van der Waals surface area contributed by atoms with Crippen LogP contribution >= 0.6 is 0 Å². The molecular formula is C21H26N2O4. The molecule has 0 bridgehead atoms. The van der Waals surface area contributed by atoms with Gasteiger partial charge < -0.3 is 19.7 Å². The smallest absolute Gasteiger partial charge is 0.253 e. The Morgan fingerprint density at radius 3 is 2.41 bits per heavy atom. The summed E-state index contributed by atoms with van der Waals surface area (Å²) in [5.41, 5.74) is 3.44. The third-order valence-corrected chi connectivity index (χ3v) is 4.05. The highest BCUT2D eigenvalue weighted by Crippen LogP contribution is 2.18. The molecule has 6 heteroatoms. The number of carbonyl (C=O) groups is 2. The van der Waals surface area contributed by atoms with Crippen molar-refractivity contribution >= 4 is 17.5 Å². The van der Waals surface area contributed by atoms with Gasteiger partial charge in [-0.25, -0.2) is 0 Å². The van der Waals surface area contributed by atoms with Crippen molar-refractivity contribution in [2.75, 3.05) is 39.2 Å². The number of methoxy groups -OCH3 is 1. The summed E-state index contributed by atoms with van der Waals surface area (Å²) in [5, 5.41) is 2.69. The van der Waals surface area contributed by atoms with E-state index in [-0.39, 0.29) is 18.4 Å². The summed E-state index contributed by atoms with van der Waals surface area (Å²) < 4.78 is 10.5. The summed E-state index contributed by atoms with van der Waals surface area (Å²) in [7, 11) is 3.20. The molecule has 0 aliphatic heterocycles. The monoisotopic (exact) mass is 370 g/mol. The van der Waals surface area contributed by atoms with Crippen LogP contribution in [0.25, 0.3) is 0 Å². The number of rotatable bonds is 8. The SMILES string of the molecule is COCC(=O)Nc1ccc(C(=O)N(C)CCOc2ccc(C)cc2C)cc1. The van der Waals surface area contributed by atoms with Gasteiger partial charge in [-0.1, -0.05) is 17.7 Å². The zero-order valence-corrected chi connectivity index (χ0v) is 16.2. The number of anilines is 1. The van der Waals surface area contributed by atoms with E-state index in [1.807, 2.05) is 26.0 Å². The summed E-state index contributed by atoms with van der Waals surface area (Å²) in [6, 6.07) is 12.8. The second-order valence-corrected chi connectivity index (χ2v) is 6.40. The fourth-order valence-corrected chi connectivity index (χ4v) is 2.60. The fourth-order valence-electron chi connectivity index (χ4n) is 2.60. The van der Waals surface area contributed by atoms with Crippen LogP contribution in [0, 0.1) is 13.8 Å². The van der Waals surface area contributed by atoms with Crippen molar-refractivity contribution in [3.05, 3.63) is 59.2 Å². The van der Waals surface area contributed by atoms with E-state index in [0.29, 0.717) is 24.4 Å². The summed E-state index contributed by atoms with van der Waals surface area (Å²) in [6.45, 7) is 4.92. The van der Waals surface area contributed by atoms with Crippen molar-refractivity contribution in [1.29, 1.82) is 0 Å². The van der Waals surface area contributed by atoms with Gasteiger partial charge in [0.25, 0.3) is 5.91 Å². The number of hydrogen-bond donors (Lipinski definition) is 1. The number of carbonyl (C=O) groups excluding carboxylic acids is 2. The van der Waals surface area contributed by atoms with Gasteiger partial charge >= 0.3 is 0 Å². The molecule has 0 heterocycles. The predicted molar refractivity (Wildman–Crippen MR) is 105 cm³/mol. The van der Waals surface area contributed by atoms with E-state index in [0.717, 1.165) is 11.3 Å². The van der Waals surface area contributed by atoms with Crippen LogP contribution in [0.5, 0.6) is 5.75 Å². The molecule has 6 nitrogen and oxygen atoms in total. The molecule has 0 saturated carbocycles. The number of benzene rings is 2. The normalized spacial score (nSPS) is 10.4. The van der Waals surface area contributed by atoms with E-state index in [1.54, 1.807) is 36.2 Å². The first-order valence-corrected chi connectivity index (χ1v) is 8.75. The van der Waals surface area contributed by atoms with E-state index in [2.05, 4.69) is 11.4 Å². The van der Waals surface area contributed by atoms with E-state index in [1.165, 1.54) is 12.7 Å². The average Bonchev–Trinajstić information content (AvgIpc) is 2.63. The molecule has 0 unspecified atom stereocenters. The molecule has 2 amide bonds. The third kappa shape index (κ3) is 6.11. The highest BCUT2D eigenvalue weighted by Gasteiger charge is 2.12. The molecule has 144 valence electrons. The second kappa shape index (κ2) is 9.73. The second-order valence-electron chi connectivity index (χ2n) is 6.40. The van der Waals surface area contributed by atoms with Crippen molar-refractivity contribution in [1.82, 2.24) is 4.90 Å². The van der Waals surface area contributed by atoms with Crippen LogP contribution in [0.15, 0.2) is 42.5 Å². The fraction of sp³-hybridized carbons (Fsp3) is 0.333. The molecule has 0 saturated heterocycles. The highest BCUT2D eigenvalue weighted by atomic mass is 16.5. The first-order chi connectivity index (χ1) is 12.9. The molecule has 0 radical (unpaired) electrons. The van der Waals surface area contributed by atoms with Crippen molar-refractivity contribution in [2.24, 2.45) is 0 Å². The molecule has 0 aromatic heterocycles. The molecule has 0 spiro atoms. The Hall–Kier alpha value is -2.86. The van der Waals surface area contributed by atoms with Gasteiger partial charge in [-0.05, 0) is 49.7 Å². The lowest BCUT2D eigenvalue weighted by Gasteiger charge is -2.18. The summed E-state index contributed by atoms with van der Waals surface area (Å²) in [5.74, 6) is 0.490. The Balaban J connectivity index is 1.86. The molecule has 0 aliphatic rings. The Morgan fingerprint density at radius 1 is 1.07 bits per heavy atom. The van der Waals surface area contributed by atoms with Gasteiger partial charge in [-0.2, -0.15) is 0 Å². The Kier molecular flexibility index (Phi) is 7.37. The number of hydrogen-bond acceptors (Lipinski definition) is 4. The van der Waals surface area contributed by atoms with Gasteiger partial charge in [0.15, 0.2) is 0 Å². The third-order valence-electron chi connectivity index (χ3n) is 4.05. The molecule has 0 aliphatic carbocycles. The van der Waals surface area contributed by atoms with Crippen LogP contribution in [0.2, 0.25) is 0 Å². The maximum atomic E-state index is 12.5. The number of ether oxygens (including phenoxy) is 2. The standard InChI is InChI=1S/C21H26N2O4/c1-15-5-10-19(16(2)13-15)27-12-11-23(3)21(25)17-6-8-18(9-7-17)22-20(24)14-26-4/h5-10,13H,11-12,14H2,1-4H3,(H,22,24). The molecular weight excluding hydrogens is 344 g/mol. The number of likely N-dealkylation sites (N-methyl/N-ethyl adjacent to an activating group) is 1. The lowest BCUT2D eigenvalue weighted by molar-refractivity contribution is -0.119. The lowest BCUT2D eigenvalue weighted by atomic mass is 10.1. The number of nitrogens with zero attached hydrogens (tertiary/aromatic N) is 1. The Bertz CT molecular complexity index is 787. The quantitative estimate of drug-likeness (QED) is 0.776. The van der Waals surface area contributed by atoms with Crippen LogP contribution in [-0.2, 0) is 9.53 Å². The zero-order chi connectivity index (χ0) is 19.8. The van der Waals surface area contributed by atoms with Crippen molar-refractivity contribution in [3.8, 4) is 5.75 Å². The van der Waals surface area contributed by atoms with Crippen LogP contribution < -0.4 is 10.1 Å². The molecule has 1 N–H and O–H groups in total. The van der Waals surface area contributed by atoms with E-state index >= 15 is 0 Å². The van der Waals surface area contributed by atoms with Crippen LogP contribution in [0.1, 0.15) is 21.5 Å². The van der Waals surface area contributed by atoms with Gasteiger partial charge in [-0.15, -0.1) is 0 Å². The van der Waals surface area contributed by atoms with Crippen LogP contribution in [0.3, 0.4) is 0 Å². The van der Waals surface area contributed by atoms with Crippen LogP contribution in [0.4, 0.5) is 5.69 Å². The first-order valence-electron chi connectivity index (χ1n) is 8.75. The van der Waals surface area contributed by atoms with Gasteiger partial charge in [-0.3, -0.25) is 9.59 Å². The minimum atomic E-state index is -0.239. The number of amides is 2. The van der Waals surface area contributed by atoms with Crippen molar-refractivity contribution in [2.45, 2.75) is 13.8 Å². The topological polar surface area (TPSA) is 67.9 Å². The molecule has 27 heavy (non-hydrogen) atoms. The van der Waals surface area contributed by atoms with E-state index in [4.69, 9.17) is 9.47 Å². The van der Waals surface area contributed by atoms with Crippen LogP contribution in [-0.4, -0.2) is 50.6 Å². The van der Waals surface area contributed by atoms with Gasteiger partial charge in [0.05, 0.1) is 6.54 Å². The largest absolute Gasteiger partial charge is 0.491 e. The van der Waals surface area contributed by atoms with Gasteiger partial charge in [0.1, 0.15) is 19.0 Å². The maximum absolute atomic E-state index is 12.5. The molecule has 2 aromatic carbocycles. The van der Waals surface area contributed by atoms with Gasteiger partial charge in [0, 0.05) is 25.4 Å². The zero-order valence-electron chi connectivity index (χ0n) is 16.2. The van der Waals surface area contributed by atoms with Crippen molar-refractivity contribution in [3.63, 3.8) is 0 Å². The minimum absolute atomic E-state index is 0.0100.